The molecule has 0 atom stereocenters. The van der Waals surface area contributed by atoms with Crippen LogP contribution in [0.3, 0.4) is 0 Å². The lowest BCUT2D eigenvalue weighted by Gasteiger charge is -2.07. The van der Waals surface area contributed by atoms with Gasteiger partial charge in [-0.2, -0.15) is 0 Å². The molecule has 0 aliphatic rings. The Hall–Kier alpha value is -1.67. The first-order chi connectivity index (χ1) is 7.81. The number of rotatable bonds is 4. The van der Waals surface area contributed by atoms with Crippen LogP contribution in [-0.4, -0.2) is 26.7 Å². The third kappa shape index (κ3) is 2.71. The lowest BCUT2D eigenvalue weighted by molar-refractivity contribution is -0.385. The van der Waals surface area contributed by atoms with Crippen LogP contribution in [-0.2, 0) is 9.05 Å². The number of non-ortho nitro benzene ring substituents is 1. The number of carbonyl (C=O) groups excluding carboxylic acids is 1. The zero-order chi connectivity index (χ0) is 13.2. The van der Waals surface area contributed by atoms with E-state index in [0.717, 1.165) is 19.2 Å². The van der Waals surface area contributed by atoms with Gasteiger partial charge in [-0.05, 0) is 0 Å². The smallest absolute Gasteiger partial charge is 0.271 e. The minimum absolute atomic E-state index is 0.247. The van der Waals surface area contributed by atoms with Gasteiger partial charge in [0.25, 0.3) is 14.7 Å². The fraction of sp³-hybridized carbons (Fsp3) is 0.125. The first-order valence-corrected chi connectivity index (χ1v) is 6.38. The summed E-state index contributed by atoms with van der Waals surface area (Å²) in [7, 11) is 1.98. The van der Waals surface area contributed by atoms with Crippen molar-refractivity contribution in [1.29, 1.82) is 0 Å². The maximum absolute atomic E-state index is 11.2. The van der Waals surface area contributed by atoms with Crippen LogP contribution in [0, 0.1) is 10.1 Å². The number of benzene rings is 1. The van der Waals surface area contributed by atoms with Gasteiger partial charge < -0.3 is 4.74 Å². The van der Waals surface area contributed by atoms with Crippen molar-refractivity contribution < 1.29 is 22.9 Å². The van der Waals surface area contributed by atoms with E-state index in [1.54, 1.807) is 0 Å². The predicted molar refractivity (Wildman–Crippen MR) is 58.1 cm³/mol. The molecule has 0 bridgehead atoms. The van der Waals surface area contributed by atoms with E-state index < -0.39 is 24.6 Å². The van der Waals surface area contributed by atoms with Crippen LogP contribution >= 0.6 is 10.7 Å². The van der Waals surface area contributed by atoms with Crippen LogP contribution in [0.2, 0.25) is 0 Å². The topological polar surface area (TPSA) is 104 Å². The molecule has 1 aromatic carbocycles. The number of nitro benzene ring substituents is 1. The lowest BCUT2D eigenvalue weighted by Crippen LogP contribution is -2.02. The summed E-state index contributed by atoms with van der Waals surface area (Å²) < 4.78 is 27.1. The molecular weight excluding hydrogens is 274 g/mol. The van der Waals surface area contributed by atoms with E-state index in [1.807, 2.05) is 0 Å². The zero-order valence-corrected chi connectivity index (χ0v) is 9.99. The molecule has 0 heterocycles. The second-order valence-corrected chi connectivity index (χ2v) is 5.41. The summed E-state index contributed by atoms with van der Waals surface area (Å²) in [5, 5.41) is 10.6. The number of hydrogen-bond acceptors (Lipinski definition) is 6. The first kappa shape index (κ1) is 13.4. The van der Waals surface area contributed by atoms with Gasteiger partial charge in [-0.1, -0.05) is 0 Å². The molecule has 0 fully saturated rings. The summed E-state index contributed by atoms with van der Waals surface area (Å²) in [5.74, 6) is -0.319. The molecule has 1 aromatic rings. The maximum atomic E-state index is 11.2. The van der Waals surface area contributed by atoms with Gasteiger partial charge in [0.15, 0.2) is 6.29 Å². The number of hydrogen-bond donors (Lipinski definition) is 0. The van der Waals surface area contributed by atoms with Crippen LogP contribution in [0.1, 0.15) is 10.4 Å². The fourth-order valence-corrected chi connectivity index (χ4v) is 2.23. The van der Waals surface area contributed by atoms with E-state index in [-0.39, 0.29) is 17.6 Å². The van der Waals surface area contributed by atoms with Gasteiger partial charge in [0, 0.05) is 22.8 Å². The molecular formula is C8H6ClNO6S. The second-order valence-electron chi connectivity index (χ2n) is 2.88. The number of aldehydes is 1. The molecule has 0 unspecified atom stereocenters. The number of halogens is 1. The summed E-state index contributed by atoms with van der Waals surface area (Å²) in [5.41, 5.74) is -0.826. The van der Waals surface area contributed by atoms with Crippen LogP contribution < -0.4 is 4.74 Å². The minimum atomic E-state index is -4.25. The van der Waals surface area contributed by atoms with E-state index in [0.29, 0.717) is 0 Å². The van der Waals surface area contributed by atoms with Crippen molar-refractivity contribution in [3.63, 3.8) is 0 Å². The second kappa shape index (κ2) is 4.68. The minimum Gasteiger partial charge on any atom is -0.495 e. The molecule has 1 rings (SSSR count). The van der Waals surface area contributed by atoms with E-state index in [2.05, 4.69) is 0 Å². The van der Waals surface area contributed by atoms with Crippen LogP contribution in [0.4, 0.5) is 5.69 Å². The molecule has 0 aliphatic carbocycles. The van der Waals surface area contributed by atoms with Gasteiger partial charge in [0.2, 0.25) is 0 Å². The van der Waals surface area contributed by atoms with Crippen LogP contribution in [0.25, 0.3) is 0 Å². The highest BCUT2D eigenvalue weighted by Crippen LogP contribution is 2.33. The summed E-state index contributed by atoms with van der Waals surface area (Å²) >= 11 is 0. The molecule has 7 nitrogen and oxygen atoms in total. The Kier molecular flexibility index (Phi) is 3.69. The molecule has 9 heteroatoms. The van der Waals surface area contributed by atoms with Crippen molar-refractivity contribution in [2.75, 3.05) is 7.11 Å². The zero-order valence-electron chi connectivity index (χ0n) is 8.41. The highest BCUT2D eigenvalue weighted by Gasteiger charge is 2.24. The van der Waals surface area contributed by atoms with E-state index in [1.165, 1.54) is 0 Å². The average molecular weight is 280 g/mol. The lowest BCUT2D eigenvalue weighted by atomic mass is 10.2. The van der Waals surface area contributed by atoms with Gasteiger partial charge >= 0.3 is 0 Å². The monoisotopic (exact) mass is 279 g/mol. The number of nitro groups is 1. The number of ether oxygens (including phenoxy) is 1. The third-order valence-electron chi connectivity index (χ3n) is 1.87. The summed E-state index contributed by atoms with van der Waals surface area (Å²) in [6.07, 6.45) is 0.247. The Morgan fingerprint density at radius 1 is 1.47 bits per heavy atom. The average Bonchev–Trinajstić information content (AvgIpc) is 2.25. The van der Waals surface area contributed by atoms with Crippen LogP contribution in [0.5, 0.6) is 5.75 Å². The largest absolute Gasteiger partial charge is 0.495 e. The highest BCUT2D eigenvalue weighted by atomic mass is 35.7. The van der Waals surface area contributed by atoms with E-state index >= 15 is 0 Å². The molecule has 0 saturated carbocycles. The maximum Gasteiger partial charge on any atom is 0.271 e. The Balaban J connectivity index is 3.72. The Bertz CT molecular complexity index is 582. The first-order valence-electron chi connectivity index (χ1n) is 4.07. The number of nitrogens with zero attached hydrogens (tertiary/aromatic N) is 1. The number of methoxy groups -OCH3 is 1. The SMILES string of the molecule is COc1c(C=O)cc([N+](=O)[O-])cc1S(=O)(=O)Cl. The number of carbonyl (C=O) groups is 1. The van der Waals surface area contributed by atoms with Gasteiger partial charge in [-0.25, -0.2) is 8.42 Å². The molecule has 0 N–H and O–H groups in total. The molecule has 0 radical (unpaired) electrons. The molecule has 0 amide bonds. The Morgan fingerprint density at radius 2 is 2.06 bits per heavy atom. The van der Waals surface area contributed by atoms with E-state index in [4.69, 9.17) is 15.4 Å². The van der Waals surface area contributed by atoms with Gasteiger partial charge in [-0.3, -0.25) is 14.9 Å². The van der Waals surface area contributed by atoms with Crippen molar-refractivity contribution in [3.8, 4) is 5.75 Å². The van der Waals surface area contributed by atoms with Crippen LogP contribution in [0.15, 0.2) is 17.0 Å². The van der Waals surface area contributed by atoms with Gasteiger partial charge in [0.1, 0.15) is 10.6 Å². The summed E-state index contributed by atoms with van der Waals surface area (Å²) in [6, 6.07) is 1.63. The third-order valence-corrected chi connectivity index (χ3v) is 3.20. The van der Waals surface area contributed by atoms with Crippen molar-refractivity contribution in [2.24, 2.45) is 0 Å². The van der Waals surface area contributed by atoms with Crippen molar-refractivity contribution in [3.05, 3.63) is 27.8 Å². The Morgan fingerprint density at radius 3 is 2.41 bits per heavy atom. The normalized spacial score (nSPS) is 10.9. The standard InChI is InChI=1S/C8H6ClNO6S/c1-16-8-5(4-11)2-6(10(12)13)3-7(8)17(9,14)15/h2-4H,1H3. The van der Waals surface area contributed by atoms with Crippen molar-refractivity contribution >= 4 is 31.7 Å². The van der Waals surface area contributed by atoms with Crippen molar-refractivity contribution in [1.82, 2.24) is 0 Å². The molecule has 92 valence electrons. The van der Waals surface area contributed by atoms with Crippen molar-refractivity contribution in [2.45, 2.75) is 4.90 Å². The molecule has 0 spiro atoms. The molecule has 17 heavy (non-hydrogen) atoms. The Labute approximate surface area is 101 Å². The van der Waals surface area contributed by atoms with Gasteiger partial charge in [0.05, 0.1) is 17.6 Å². The fourth-order valence-electron chi connectivity index (χ4n) is 1.20. The van der Waals surface area contributed by atoms with E-state index in [9.17, 15) is 23.3 Å². The van der Waals surface area contributed by atoms with Gasteiger partial charge in [-0.15, -0.1) is 0 Å². The quantitative estimate of drug-likeness (QED) is 0.356. The summed E-state index contributed by atoms with van der Waals surface area (Å²) in [6.45, 7) is 0. The molecule has 0 aliphatic heterocycles. The molecule has 0 aromatic heterocycles. The highest BCUT2D eigenvalue weighted by molar-refractivity contribution is 8.13. The summed E-state index contributed by atoms with van der Waals surface area (Å²) in [4.78, 5) is 19.8. The molecule has 0 saturated heterocycles. The predicted octanol–water partition coefficient (Wildman–Crippen LogP) is 1.34.